The summed E-state index contributed by atoms with van der Waals surface area (Å²) in [6.45, 7) is 2.44. The van der Waals surface area contributed by atoms with Crippen LogP contribution >= 0.6 is 27.3 Å². The molecule has 0 bridgehead atoms. The third-order valence-corrected chi connectivity index (χ3v) is 5.39. The molecule has 0 atom stereocenters. The van der Waals surface area contributed by atoms with Crippen molar-refractivity contribution >= 4 is 44.0 Å². The van der Waals surface area contributed by atoms with E-state index in [-0.39, 0.29) is 11.6 Å². The highest BCUT2D eigenvalue weighted by Crippen LogP contribution is 2.27. The Bertz CT molecular complexity index is 1020. The second-order valence-corrected chi connectivity index (χ2v) is 7.99. The van der Waals surface area contributed by atoms with Gasteiger partial charge in [-0.25, -0.2) is 4.98 Å². The summed E-state index contributed by atoms with van der Waals surface area (Å²) in [6, 6.07) is 12.0. The van der Waals surface area contributed by atoms with Crippen molar-refractivity contribution in [2.75, 3.05) is 11.9 Å². The molecule has 1 amide bonds. The van der Waals surface area contributed by atoms with Gasteiger partial charge in [0.05, 0.1) is 21.7 Å². The summed E-state index contributed by atoms with van der Waals surface area (Å²) < 4.78 is 6.59. The van der Waals surface area contributed by atoms with E-state index in [4.69, 9.17) is 4.74 Å². The Balaban J connectivity index is 1.47. The fourth-order valence-corrected chi connectivity index (χ4v) is 3.88. The number of carbonyl (C=O) groups is 1. The standard InChI is InChI=1S/C20H18BrN3O4S/c1-13-4-9-18(16(21)11-13)28-10-2-3-19(25)23-20-22-17(12-29-20)14-5-7-15(8-6-14)24(26)27/h4-9,11-12H,2-3,10H2,1H3,(H,22,23,25). The molecule has 0 aliphatic heterocycles. The number of nitrogens with one attached hydrogen (secondary N) is 1. The quantitative estimate of drug-likeness (QED) is 0.260. The first-order valence-corrected chi connectivity index (χ1v) is 10.5. The second kappa shape index (κ2) is 9.62. The highest BCUT2D eigenvalue weighted by molar-refractivity contribution is 9.10. The Morgan fingerprint density at radius 1 is 1.28 bits per heavy atom. The molecule has 0 aliphatic rings. The molecular weight excluding hydrogens is 458 g/mol. The van der Waals surface area contributed by atoms with Gasteiger partial charge in [-0.05, 0) is 59.1 Å². The monoisotopic (exact) mass is 475 g/mol. The van der Waals surface area contributed by atoms with Gasteiger partial charge in [0.25, 0.3) is 5.69 Å². The van der Waals surface area contributed by atoms with Crippen LogP contribution in [0.15, 0.2) is 52.3 Å². The topological polar surface area (TPSA) is 94.4 Å². The van der Waals surface area contributed by atoms with Crippen LogP contribution in [0.1, 0.15) is 18.4 Å². The van der Waals surface area contributed by atoms with Gasteiger partial charge < -0.3 is 10.1 Å². The van der Waals surface area contributed by atoms with Gasteiger partial charge in [0.2, 0.25) is 5.91 Å². The fraction of sp³-hybridized carbons (Fsp3) is 0.200. The van der Waals surface area contributed by atoms with Crippen LogP contribution in [0.2, 0.25) is 0 Å². The van der Waals surface area contributed by atoms with E-state index in [2.05, 4.69) is 26.2 Å². The van der Waals surface area contributed by atoms with Crippen LogP contribution in [0, 0.1) is 17.0 Å². The van der Waals surface area contributed by atoms with Gasteiger partial charge in [-0.2, -0.15) is 0 Å². The molecule has 0 saturated heterocycles. The van der Waals surface area contributed by atoms with Crippen molar-refractivity contribution in [3.8, 4) is 17.0 Å². The van der Waals surface area contributed by atoms with Crippen molar-refractivity contribution in [3.63, 3.8) is 0 Å². The lowest BCUT2D eigenvalue weighted by atomic mass is 10.1. The Morgan fingerprint density at radius 3 is 2.72 bits per heavy atom. The molecule has 9 heteroatoms. The Morgan fingerprint density at radius 2 is 2.03 bits per heavy atom. The number of aromatic nitrogens is 1. The molecule has 0 aliphatic carbocycles. The van der Waals surface area contributed by atoms with Crippen molar-refractivity contribution < 1.29 is 14.5 Å². The molecular formula is C20H18BrN3O4S. The van der Waals surface area contributed by atoms with Crippen molar-refractivity contribution in [1.82, 2.24) is 4.98 Å². The van der Waals surface area contributed by atoms with E-state index in [1.807, 2.05) is 25.1 Å². The Hall–Kier alpha value is -2.78. The number of ether oxygens (including phenoxy) is 1. The molecule has 29 heavy (non-hydrogen) atoms. The second-order valence-electron chi connectivity index (χ2n) is 6.28. The number of nitro groups is 1. The minimum Gasteiger partial charge on any atom is -0.492 e. The van der Waals surface area contributed by atoms with Crippen molar-refractivity contribution in [2.24, 2.45) is 0 Å². The largest absolute Gasteiger partial charge is 0.492 e. The minimum absolute atomic E-state index is 0.0254. The number of benzene rings is 2. The molecule has 150 valence electrons. The molecule has 0 radical (unpaired) electrons. The maximum absolute atomic E-state index is 12.1. The van der Waals surface area contributed by atoms with Crippen molar-refractivity contribution in [3.05, 3.63) is 68.0 Å². The van der Waals surface area contributed by atoms with Gasteiger partial charge in [0.1, 0.15) is 5.75 Å². The van der Waals surface area contributed by atoms with Gasteiger partial charge >= 0.3 is 0 Å². The molecule has 3 rings (SSSR count). The number of thiazole rings is 1. The summed E-state index contributed by atoms with van der Waals surface area (Å²) in [6.07, 6.45) is 0.892. The number of rotatable bonds is 8. The average Bonchev–Trinajstić information content (AvgIpc) is 3.15. The van der Waals surface area contributed by atoms with Gasteiger partial charge in [-0.15, -0.1) is 11.3 Å². The molecule has 0 fully saturated rings. The summed E-state index contributed by atoms with van der Waals surface area (Å²) in [5.41, 5.74) is 2.58. The van der Waals surface area contributed by atoms with Crippen LogP contribution in [0.25, 0.3) is 11.3 Å². The normalized spacial score (nSPS) is 10.6. The highest BCUT2D eigenvalue weighted by atomic mass is 79.9. The lowest BCUT2D eigenvalue weighted by Crippen LogP contribution is -2.12. The van der Waals surface area contributed by atoms with Gasteiger partial charge in [0.15, 0.2) is 5.13 Å². The van der Waals surface area contributed by atoms with Crippen LogP contribution in [0.4, 0.5) is 10.8 Å². The smallest absolute Gasteiger partial charge is 0.269 e. The molecule has 1 aromatic heterocycles. The zero-order valence-corrected chi connectivity index (χ0v) is 18.0. The summed E-state index contributed by atoms with van der Waals surface area (Å²) >= 11 is 4.77. The van der Waals surface area contributed by atoms with E-state index >= 15 is 0 Å². The number of carbonyl (C=O) groups excluding carboxylic acids is 1. The predicted octanol–water partition coefficient (Wildman–Crippen LogP) is 5.59. The highest BCUT2D eigenvalue weighted by Gasteiger charge is 2.10. The molecule has 0 unspecified atom stereocenters. The molecule has 0 spiro atoms. The maximum atomic E-state index is 12.1. The molecule has 2 aromatic carbocycles. The third-order valence-electron chi connectivity index (χ3n) is 4.02. The number of halogens is 1. The van der Waals surface area contributed by atoms with E-state index in [1.54, 1.807) is 17.5 Å². The number of nitrogens with zero attached hydrogens (tertiary/aromatic N) is 2. The third kappa shape index (κ3) is 5.85. The zero-order chi connectivity index (χ0) is 20.8. The van der Waals surface area contributed by atoms with Gasteiger partial charge in [-0.1, -0.05) is 6.07 Å². The number of hydrogen-bond donors (Lipinski definition) is 1. The number of hydrogen-bond acceptors (Lipinski definition) is 6. The lowest BCUT2D eigenvalue weighted by Gasteiger charge is -2.08. The molecule has 7 nitrogen and oxygen atoms in total. The van der Waals surface area contributed by atoms with E-state index in [9.17, 15) is 14.9 Å². The number of nitro benzene ring substituents is 1. The van der Waals surface area contributed by atoms with Crippen LogP contribution in [0.5, 0.6) is 5.75 Å². The molecule has 1 N–H and O–H groups in total. The summed E-state index contributed by atoms with van der Waals surface area (Å²) in [4.78, 5) is 26.8. The molecule has 0 saturated carbocycles. The average molecular weight is 476 g/mol. The zero-order valence-electron chi connectivity index (χ0n) is 15.6. The Kier molecular flexibility index (Phi) is 6.95. The van der Waals surface area contributed by atoms with Crippen LogP contribution in [-0.2, 0) is 4.79 Å². The van der Waals surface area contributed by atoms with Crippen LogP contribution in [0.3, 0.4) is 0 Å². The van der Waals surface area contributed by atoms with Crippen LogP contribution in [-0.4, -0.2) is 22.4 Å². The first-order chi connectivity index (χ1) is 13.9. The summed E-state index contributed by atoms with van der Waals surface area (Å²) in [5.74, 6) is 0.616. The van der Waals surface area contributed by atoms with Crippen LogP contribution < -0.4 is 10.1 Å². The van der Waals surface area contributed by atoms with E-state index < -0.39 is 4.92 Å². The number of non-ortho nitro benzene ring substituents is 1. The Labute approximate surface area is 180 Å². The van der Waals surface area contributed by atoms with Gasteiger partial charge in [0, 0.05) is 29.5 Å². The summed E-state index contributed by atoms with van der Waals surface area (Å²) in [7, 11) is 0. The van der Waals surface area contributed by atoms with E-state index in [0.717, 1.165) is 21.3 Å². The number of anilines is 1. The van der Waals surface area contributed by atoms with Crippen molar-refractivity contribution in [2.45, 2.75) is 19.8 Å². The SMILES string of the molecule is Cc1ccc(OCCCC(=O)Nc2nc(-c3ccc([N+](=O)[O-])cc3)cs2)c(Br)c1. The first-order valence-electron chi connectivity index (χ1n) is 8.81. The minimum atomic E-state index is -0.447. The summed E-state index contributed by atoms with van der Waals surface area (Å²) in [5, 5.41) is 15.8. The van der Waals surface area contributed by atoms with Gasteiger partial charge in [-0.3, -0.25) is 14.9 Å². The molecule has 1 heterocycles. The molecule has 3 aromatic rings. The maximum Gasteiger partial charge on any atom is 0.269 e. The predicted molar refractivity (Wildman–Crippen MR) is 116 cm³/mol. The van der Waals surface area contributed by atoms with E-state index in [0.29, 0.717) is 30.3 Å². The van der Waals surface area contributed by atoms with Crippen molar-refractivity contribution in [1.29, 1.82) is 0 Å². The fourth-order valence-electron chi connectivity index (χ4n) is 2.54. The van der Waals surface area contributed by atoms with E-state index in [1.165, 1.54) is 23.5 Å². The first kappa shape index (κ1) is 20.9. The lowest BCUT2D eigenvalue weighted by molar-refractivity contribution is -0.384. The number of aryl methyl sites for hydroxylation is 1. The number of amides is 1.